The fraction of sp³-hybridized carbons (Fsp3) is 0.348. The summed E-state index contributed by atoms with van der Waals surface area (Å²) < 4.78 is 8.91. The Morgan fingerprint density at radius 3 is 2.27 bits per heavy atom. The van der Waals surface area contributed by atoms with Crippen molar-refractivity contribution in [2.75, 3.05) is 6.26 Å². The van der Waals surface area contributed by atoms with Crippen molar-refractivity contribution >= 4 is 41.3 Å². The molecule has 0 aliphatic rings. The maximum atomic E-state index is 12.6. The predicted molar refractivity (Wildman–Crippen MR) is 128 cm³/mol. The number of benzene rings is 2. The van der Waals surface area contributed by atoms with E-state index in [9.17, 15) is 4.79 Å². The third-order valence-corrected chi connectivity index (χ3v) is 7.17. The van der Waals surface area contributed by atoms with Crippen LogP contribution in [0.1, 0.15) is 53.4 Å². The number of aryl methyl sites for hydroxylation is 2. The molecule has 0 unspecified atom stereocenters. The SMILES string of the molecule is CSc1nn(-c2ccc(C(=O)OCc3c(C)cc(C(C)(C)C)cc3C)cc2)c(=S)s1. The largest absolute Gasteiger partial charge is 0.457 e. The second kappa shape index (κ2) is 9.04. The van der Waals surface area contributed by atoms with Crippen LogP contribution in [0.5, 0.6) is 0 Å². The summed E-state index contributed by atoms with van der Waals surface area (Å²) in [6.45, 7) is 11.0. The van der Waals surface area contributed by atoms with Crippen LogP contribution in [-0.4, -0.2) is 22.0 Å². The molecule has 3 rings (SSSR count). The van der Waals surface area contributed by atoms with Crippen molar-refractivity contribution in [2.45, 2.75) is 51.0 Å². The average Bonchev–Trinajstić information content (AvgIpc) is 3.07. The van der Waals surface area contributed by atoms with Gasteiger partial charge in [-0.25, -0.2) is 9.48 Å². The van der Waals surface area contributed by atoms with Crippen LogP contribution in [0.3, 0.4) is 0 Å². The molecule has 0 saturated carbocycles. The lowest BCUT2D eigenvalue weighted by Crippen LogP contribution is -2.13. The van der Waals surface area contributed by atoms with Crippen molar-refractivity contribution in [1.82, 2.24) is 9.78 Å². The van der Waals surface area contributed by atoms with Crippen LogP contribution in [0.15, 0.2) is 40.7 Å². The third kappa shape index (κ3) is 5.02. The van der Waals surface area contributed by atoms with Crippen LogP contribution in [0, 0.1) is 17.8 Å². The molecule has 1 aromatic heterocycles. The van der Waals surface area contributed by atoms with E-state index in [1.54, 1.807) is 28.6 Å². The van der Waals surface area contributed by atoms with Crippen LogP contribution in [0.25, 0.3) is 5.69 Å². The van der Waals surface area contributed by atoms with E-state index in [4.69, 9.17) is 17.0 Å². The summed E-state index contributed by atoms with van der Waals surface area (Å²) >= 11 is 8.40. The summed E-state index contributed by atoms with van der Waals surface area (Å²) in [5.41, 5.74) is 6.06. The van der Waals surface area contributed by atoms with Crippen molar-refractivity contribution in [2.24, 2.45) is 0 Å². The Bertz CT molecular complexity index is 1100. The minimum absolute atomic E-state index is 0.0866. The van der Waals surface area contributed by atoms with Gasteiger partial charge in [0.05, 0.1) is 11.3 Å². The quantitative estimate of drug-likeness (QED) is 0.243. The van der Waals surface area contributed by atoms with E-state index in [1.807, 2.05) is 18.4 Å². The summed E-state index contributed by atoms with van der Waals surface area (Å²) in [6.07, 6.45) is 1.97. The van der Waals surface area contributed by atoms with E-state index >= 15 is 0 Å². The normalized spacial score (nSPS) is 11.5. The highest BCUT2D eigenvalue weighted by molar-refractivity contribution is 8.00. The molecule has 7 heteroatoms. The van der Waals surface area contributed by atoms with Crippen molar-refractivity contribution in [3.63, 3.8) is 0 Å². The van der Waals surface area contributed by atoms with Gasteiger partial charge >= 0.3 is 5.97 Å². The van der Waals surface area contributed by atoms with Crippen LogP contribution in [0.4, 0.5) is 0 Å². The highest BCUT2D eigenvalue weighted by Gasteiger charge is 2.17. The first-order chi connectivity index (χ1) is 14.1. The minimum atomic E-state index is -0.341. The molecule has 1 heterocycles. The Balaban J connectivity index is 1.73. The van der Waals surface area contributed by atoms with Crippen molar-refractivity contribution in [3.8, 4) is 5.69 Å². The number of hydrogen-bond acceptors (Lipinski definition) is 6. The topological polar surface area (TPSA) is 44.1 Å². The molecule has 2 aromatic carbocycles. The molecule has 158 valence electrons. The molecule has 0 atom stereocenters. The maximum absolute atomic E-state index is 12.6. The van der Waals surface area contributed by atoms with Crippen LogP contribution < -0.4 is 0 Å². The Morgan fingerprint density at radius 2 is 1.77 bits per heavy atom. The molecular weight excluding hydrogens is 432 g/mol. The number of thioether (sulfide) groups is 1. The molecule has 0 saturated heterocycles. The molecular formula is C23H26N2O2S3. The first kappa shape index (κ1) is 22.7. The molecule has 0 bridgehead atoms. The molecule has 0 N–H and O–H groups in total. The molecule has 0 spiro atoms. The number of aromatic nitrogens is 2. The van der Waals surface area contributed by atoms with Crippen molar-refractivity contribution < 1.29 is 9.53 Å². The van der Waals surface area contributed by atoms with E-state index in [1.165, 1.54) is 16.9 Å². The number of carbonyl (C=O) groups is 1. The Labute approximate surface area is 191 Å². The van der Waals surface area contributed by atoms with E-state index in [0.717, 1.165) is 26.7 Å². The van der Waals surface area contributed by atoms with Gasteiger partial charge < -0.3 is 4.74 Å². The van der Waals surface area contributed by atoms with E-state index < -0.39 is 0 Å². The van der Waals surface area contributed by atoms with Gasteiger partial charge in [-0.3, -0.25) is 0 Å². The zero-order chi connectivity index (χ0) is 22.1. The van der Waals surface area contributed by atoms with E-state index in [-0.39, 0.29) is 18.0 Å². The molecule has 3 aromatic rings. The standard InChI is InChI=1S/C23H26N2O2S3/c1-14-11-17(23(3,4)5)12-15(2)19(14)13-27-20(26)16-7-9-18(10-8-16)25-22(28)30-21(24-25)29-6/h7-12H,13H2,1-6H3. The highest BCUT2D eigenvalue weighted by atomic mass is 32.2. The molecule has 30 heavy (non-hydrogen) atoms. The zero-order valence-corrected chi connectivity index (χ0v) is 20.6. The van der Waals surface area contributed by atoms with Gasteiger partial charge in [0.25, 0.3) is 0 Å². The highest BCUT2D eigenvalue weighted by Crippen LogP contribution is 2.27. The van der Waals surface area contributed by atoms with Crippen LogP contribution in [-0.2, 0) is 16.8 Å². The summed E-state index contributed by atoms with van der Waals surface area (Å²) in [6, 6.07) is 11.5. The summed E-state index contributed by atoms with van der Waals surface area (Å²) in [7, 11) is 0. The van der Waals surface area contributed by atoms with Crippen molar-refractivity contribution in [3.05, 3.63) is 68.2 Å². The lowest BCUT2D eigenvalue weighted by molar-refractivity contribution is 0.0471. The van der Waals surface area contributed by atoms with Gasteiger partial charge in [-0.05, 0) is 84.3 Å². The molecule has 0 radical (unpaired) electrons. The number of nitrogens with zero attached hydrogens (tertiary/aromatic N) is 2. The molecule has 0 aliphatic heterocycles. The monoisotopic (exact) mass is 458 g/mol. The van der Waals surface area contributed by atoms with E-state index in [0.29, 0.717) is 9.52 Å². The Hall–Kier alpha value is -1.96. The number of carbonyl (C=O) groups excluding carboxylic acids is 1. The van der Waals surface area contributed by atoms with Crippen molar-refractivity contribution in [1.29, 1.82) is 0 Å². The molecule has 0 aliphatic carbocycles. The van der Waals surface area contributed by atoms with Gasteiger partial charge in [0.15, 0.2) is 8.29 Å². The number of hydrogen-bond donors (Lipinski definition) is 0. The lowest BCUT2D eigenvalue weighted by atomic mass is 9.84. The predicted octanol–water partition coefficient (Wildman–Crippen LogP) is 6.66. The third-order valence-electron chi connectivity index (χ3n) is 4.96. The minimum Gasteiger partial charge on any atom is -0.457 e. The lowest BCUT2D eigenvalue weighted by Gasteiger charge is -2.22. The fourth-order valence-electron chi connectivity index (χ4n) is 3.12. The van der Waals surface area contributed by atoms with Gasteiger partial charge in [0, 0.05) is 0 Å². The maximum Gasteiger partial charge on any atom is 0.338 e. The van der Waals surface area contributed by atoms with Gasteiger partial charge in [-0.1, -0.05) is 56.0 Å². The van der Waals surface area contributed by atoms with Gasteiger partial charge in [-0.2, -0.15) is 0 Å². The summed E-state index contributed by atoms with van der Waals surface area (Å²) in [5.74, 6) is -0.341. The Morgan fingerprint density at radius 1 is 1.17 bits per heavy atom. The first-order valence-corrected chi connectivity index (χ1v) is 12.1. The van der Waals surface area contributed by atoms with Gasteiger partial charge in [0.1, 0.15) is 6.61 Å². The van der Waals surface area contributed by atoms with Crippen LogP contribution >= 0.6 is 35.3 Å². The fourth-order valence-corrected chi connectivity index (χ4v) is 4.90. The van der Waals surface area contributed by atoms with Crippen LogP contribution in [0.2, 0.25) is 0 Å². The smallest absolute Gasteiger partial charge is 0.338 e. The summed E-state index contributed by atoms with van der Waals surface area (Å²) in [4.78, 5) is 12.6. The molecule has 0 amide bonds. The van der Waals surface area contributed by atoms with Gasteiger partial charge in [-0.15, -0.1) is 5.10 Å². The average molecular weight is 459 g/mol. The Kier molecular flexibility index (Phi) is 6.84. The number of ether oxygens (including phenoxy) is 1. The van der Waals surface area contributed by atoms with E-state index in [2.05, 4.69) is 51.9 Å². The first-order valence-electron chi connectivity index (χ1n) is 9.62. The second-order valence-electron chi connectivity index (χ2n) is 8.21. The second-order valence-corrected chi connectivity index (χ2v) is 10.9. The molecule has 0 fully saturated rings. The summed E-state index contributed by atoms with van der Waals surface area (Å²) in [5, 5.41) is 4.47. The van der Waals surface area contributed by atoms with Gasteiger partial charge in [0.2, 0.25) is 0 Å². The number of rotatable bonds is 5. The zero-order valence-electron chi connectivity index (χ0n) is 18.1. The number of esters is 1. The molecule has 4 nitrogen and oxygen atoms in total.